The van der Waals surface area contributed by atoms with Crippen LogP contribution in [0.5, 0.6) is 11.6 Å². The Balaban J connectivity index is 2.44. The molecule has 0 bridgehead atoms. The minimum atomic E-state index is -0.867. The van der Waals surface area contributed by atoms with E-state index < -0.39 is 18.2 Å². The minimum Gasteiger partial charge on any atom is -0.468 e. The summed E-state index contributed by atoms with van der Waals surface area (Å²) in [5.41, 5.74) is 0.666. The van der Waals surface area contributed by atoms with E-state index in [1.54, 1.807) is 24.3 Å². The molecule has 0 aliphatic heterocycles. The molecule has 130 valence electrons. The summed E-state index contributed by atoms with van der Waals surface area (Å²) in [6, 6.07) is 10.2. The molecule has 0 radical (unpaired) electrons. The predicted octanol–water partition coefficient (Wildman–Crippen LogP) is 2.02. The van der Waals surface area contributed by atoms with Gasteiger partial charge in [0.25, 0.3) is 0 Å². The fourth-order valence-electron chi connectivity index (χ4n) is 2.28. The van der Waals surface area contributed by atoms with Crippen LogP contribution in [-0.2, 0) is 19.0 Å². The van der Waals surface area contributed by atoms with E-state index in [1.165, 1.54) is 33.7 Å². The molecule has 1 unspecified atom stereocenters. The fraction of sp³-hybridized carbons (Fsp3) is 0.294. The molecule has 2 aromatic rings. The highest BCUT2D eigenvalue weighted by atomic mass is 16.7. The third kappa shape index (κ3) is 4.29. The van der Waals surface area contributed by atoms with E-state index in [-0.39, 0.29) is 11.6 Å². The Labute approximate surface area is 144 Å². The van der Waals surface area contributed by atoms with Crippen LogP contribution in [-0.4, -0.2) is 43.6 Å². The molecular formula is C17H17N3O5. The summed E-state index contributed by atoms with van der Waals surface area (Å²) in [5.74, 6) is -0.868. The number of methoxy groups -OCH3 is 3. The zero-order valence-corrected chi connectivity index (χ0v) is 14.0. The molecule has 8 heteroatoms. The van der Waals surface area contributed by atoms with Crippen molar-refractivity contribution in [1.82, 2.24) is 9.97 Å². The Morgan fingerprint density at radius 1 is 1.16 bits per heavy atom. The Hall–Kier alpha value is -3.02. The van der Waals surface area contributed by atoms with Gasteiger partial charge in [-0.3, -0.25) is 4.79 Å². The molecule has 1 aromatic carbocycles. The number of ether oxygens (including phenoxy) is 4. The molecule has 8 nitrogen and oxygen atoms in total. The van der Waals surface area contributed by atoms with Crippen LogP contribution in [0.2, 0.25) is 0 Å². The molecule has 2 rings (SSSR count). The van der Waals surface area contributed by atoms with Crippen molar-refractivity contribution in [2.75, 3.05) is 21.3 Å². The van der Waals surface area contributed by atoms with Gasteiger partial charge in [-0.05, 0) is 6.07 Å². The highest BCUT2D eigenvalue weighted by Gasteiger charge is 2.33. The monoisotopic (exact) mass is 343 g/mol. The Kier molecular flexibility index (Phi) is 6.39. The van der Waals surface area contributed by atoms with Gasteiger partial charge in [0.2, 0.25) is 5.88 Å². The van der Waals surface area contributed by atoms with Crippen LogP contribution in [0, 0.1) is 11.3 Å². The number of aromatic nitrogens is 2. The van der Waals surface area contributed by atoms with E-state index >= 15 is 0 Å². The molecule has 25 heavy (non-hydrogen) atoms. The summed E-state index contributed by atoms with van der Waals surface area (Å²) >= 11 is 0. The van der Waals surface area contributed by atoms with Gasteiger partial charge in [0, 0.05) is 25.8 Å². The van der Waals surface area contributed by atoms with Gasteiger partial charge in [0.05, 0.1) is 7.11 Å². The number of nitrogens with zero attached hydrogens (tertiary/aromatic N) is 3. The smallest absolute Gasteiger partial charge is 0.318 e. The zero-order chi connectivity index (χ0) is 18.2. The van der Waals surface area contributed by atoms with Crippen molar-refractivity contribution in [3.8, 4) is 17.7 Å². The number of para-hydroxylation sites is 1. The first kappa shape index (κ1) is 18.3. The summed E-state index contributed by atoms with van der Waals surface area (Å²) in [5, 5.41) is 8.92. The third-order valence-corrected chi connectivity index (χ3v) is 3.42. The van der Waals surface area contributed by atoms with E-state index in [2.05, 4.69) is 9.97 Å². The fourth-order valence-corrected chi connectivity index (χ4v) is 2.28. The Bertz CT molecular complexity index is 771. The molecule has 1 atom stereocenters. The first-order chi connectivity index (χ1) is 12.1. The number of hydrogen-bond acceptors (Lipinski definition) is 8. The van der Waals surface area contributed by atoms with E-state index in [0.29, 0.717) is 11.3 Å². The first-order valence-corrected chi connectivity index (χ1v) is 7.27. The molecule has 0 N–H and O–H groups in total. The van der Waals surface area contributed by atoms with Crippen molar-refractivity contribution in [2.24, 2.45) is 0 Å². The van der Waals surface area contributed by atoms with Crippen LogP contribution in [0.25, 0.3) is 0 Å². The van der Waals surface area contributed by atoms with Crippen LogP contribution in [0.4, 0.5) is 0 Å². The zero-order valence-electron chi connectivity index (χ0n) is 14.0. The molecule has 0 aliphatic carbocycles. The van der Waals surface area contributed by atoms with Gasteiger partial charge >= 0.3 is 5.97 Å². The van der Waals surface area contributed by atoms with Crippen molar-refractivity contribution < 1.29 is 23.7 Å². The Morgan fingerprint density at radius 2 is 1.88 bits per heavy atom. The number of nitriles is 1. The Morgan fingerprint density at radius 3 is 2.52 bits per heavy atom. The van der Waals surface area contributed by atoms with Crippen LogP contribution < -0.4 is 4.74 Å². The lowest BCUT2D eigenvalue weighted by Gasteiger charge is -2.24. The van der Waals surface area contributed by atoms with Gasteiger partial charge in [-0.15, -0.1) is 0 Å². The van der Waals surface area contributed by atoms with Crippen molar-refractivity contribution in [3.05, 3.63) is 47.9 Å². The van der Waals surface area contributed by atoms with Crippen molar-refractivity contribution in [1.29, 1.82) is 5.26 Å². The predicted molar refractivity (Wildman–Crippen MR) is 85.8 cm³/mol. The second kappa shape index (κ2) is 8.73. The average molecular weight is 343 g/mol. The summed E-state index contributed by atoms with van der Waals surface area (Å²) < 4.78 is 21.1. The lowest BCUT2D eigenvalue weighted by Crippen LogP contribution is -2.30. The molecule has 0 amide bonds. The summed E-state index contributed by atoms with van der Waals surface area (Å²) in [7, 11) is 4.14. The standard InChI is InChI=1S/C17H17N3O5/c1-22-16(21)15(17(23-2)24-3)12-6-4-5-7-13(12)25-14-8-11(9-18)19-10-20-14/h4-8,10,15,17H,1-3H3. The number of carbonyl (C=O) groups excluding carboxylic acids is 1. The number of esters is 1. The summed E-state index contributed by atoms with van der Waals surface area (Å²) in [6.07, 6.45) is 0.360. The molecular weight excluding hydrogens is 326 g/mol. The molecule has 0 saturated carbocycles. The summed E-state index contributed by atoms with van der Waals surface area (Å²) in [4.78, 5) is 20.0. The van der Waals surface area contributed by atoms with Crippen LogP contribution in [0.3, 0.4) is 0 Å². The molecule has 0 spiro atoms. The van der Waals surface area contributed by atoms with Gasteiger partial charge in [-0.2, -0.15) is 5.26 Å². The molecule has 0 fully saturated rings. The number of hydrogen-bond donors (Lipinski definition) is 0. The van der Waals surface area contributed by atoms with Crippen molar-refractivity contribution in [3.63, 3.8) is 0 Å². The largest absolute Gasteiger partial charge is 0.468 e. The molecule has 1 aromatic heterocycles. The third-order valence-electron chi connectivity index (χ3n) is 3.42. The van der Waals surface area contributed by atoms with Crippen LogP contribution >= 0.6 is 0 Å². The second-order valence-corrected chi connectivity index (χ2v) is 4.83. The number of rotatable bonds is 7. The maximum Gasteiger partial charge on any atom is 0.318 e. The first-order valence-electron chi connectivity index (χ1n) is 7.27. The van der Waals surface area contributed by atoms with Gasteiger partial charge in [0.1, 0.15) is 29.8 Å². The van der Waals surface area contributed by atoms with Crippen LogP contribution in [0.15, 0.2) is 36.7 Å². The highest BCUT2D eigenvalue weighted by molar-refractivity contribution is 5.79. The lowest BCUT2D eigenvalue weighted by atomic mass is 9.97. The lowest BCUT2D eigenvalue weighted by molar-refractivity contribution is -0.163. The van der Waals surface area contributed by atoms with Crippen molar-refractivity contribution >= 4 is 5.97 Å². The molecule has 0 saturated heterocycles. The van der Waals surface area contributed by atoms with Gasteiger partial charge in [-0.1, -0.05) is 18.2 Å². The average Bonchev–Trinajstić information content (AvgIpc) is 2.66. The maximum absolute atomic E-state index is 12.3. The van der Waals surface area contributed by atoms with E-state index in [4.69, 9.17) is 24.2 Å². The molecule has 0 aliphatic rings. The summed E-state index contributed by atoms with van der Waals surface area (Å²) in [6.45, 7) is 0. The van der Waals surface area contributed by atoms with Gasteiger partial charge < -0.3 is 18.9 Å². The normalized spacial score (nSPS) is 11.6. The van der Waals surface area contributed by atoms with Gasteiger partial charge in [-0.25, -0.2) is 9.97 Å². The quantitative estimate of drug-likeness (QED) is 0.555. The highest BCUT2D eigenvalue weighted by Crippen LogP contribution is 2.33. The number of carbonyl (C=O) groups is 1. The van der Waals surface area contributed by atoms with Gasteiger partial charge in [0.15, 0.2) is 6.29 Å². The van der Waals surface area contributed by atoms with Crippen LogP contribution in [0.1, 0.15) is 17.2 Å². The van der Waals surface area contributed by atoms with E-state index in [0.717, 1.165) is 0 Å². The number of benzene rings is 1. The molecule has 1 heterocycles. The topological polar surface area (TPSA) is 104 Å². The van der Waals surface area contributed by atoms with E-state index in [9.17, 15) is 4.79 Å². The second-order valence-electron chi connectivity index (χ2n) is 4.83. The van der Waals surface area contributed by atoms with E-state index in [1.807, 2.05) is 6.07 Å². The SMILES string of the molecule is COC(=O)C(c1ccccc1Oc1cc(C#N)ncn1)C(OC)OC. The van der Waals surface area contributed by atoms with Crippen molar-refractivity contribution in [2.45, 2.75) is 12.2 Å². The minimum absolute atomic E-state index is 0.165. The maximum atomic E-state index is 12.3.